The van der Waals surface area contributed by atoms with Gasteiger partial charge in [-0.05, 0) is 25.0 Å². The van der Waals surface area contributed by atoms with E-state index in [9.17, 15) is 0 Å². The Morgan fingerprint density at radius 1 is 1.44 bits per heavy atom. The van der Waals surface area contributed by atoms with Crippen molar-refractivity contribution in [2.45, 2.75) is 18.9 Å². The number of rotatable bonds is 3. The Balaban J connectivity index is 2.10. The van der Waals surface area contributed by atoms with Gasteiger partial charge in [0.15, 0.2) is 0 Å². The molecule has 1 saturated heterocycles. The number of hydrogen-bond donors (Lipinski definition) is 2. The second kappa shape index (κ2) is 5.27. The van der Waals surface area contributed by atoms with E-state index in [1.807, 2.05) is 24.3 Å². The fourth-order valence-electron chi connectivity index (χ4n) is 1.90. The molecule has 1 heterocycles. The van der Waals surface area contributed by atoms with Crippen LogP contribution >= 0.6 is 12.2 Å². The molecule has 3 N–H and O–H groups in total. The molecule has 0 spiro atoms. The molecule has 1 unspecified atom stereocenters. The molecule has 0 amide bonds. The monoisotopic (exact) mass is 236 g/mol. The minimum absolute atomic E-state index is 0.365. The second-order valence-corrected chi connectivity index (χ2v) is 4.41. The van der Waals surface area contributed by atoms with Crippen molar-refractivity contribution in [3.63, 3.8) is 0 Å². The van der Waals surface area contributed by atoms with Crippen molar-refractivity contribution >= 4 is 22.9 Å². The molecular weight excluding hydrogens is 220 g/mol. The van der Waals surface area contributed by atoms with E-state index in [-0.39, 0.29) is 0 Å². The average molecular weight is 236 g/mol. The Hall–Kier alpha value is -1.13. The lowest BCUT2D eigenvalue weighted by molar-refractivity contribution is 0.0876. The average Bonchev–Trinajstić information content (AvgIpc) is 2.31. The van der Waals surface area contributed by atoms with E-state index in [4.69, 9.17) is 22.7 Å². The van der Waals surface area contributed by atoms with Gasteiger partial charge in [-0.1, -0.05) is 24.4 Å². The van der Waals surface area contributed by atoms with Gasteiger partial charge in [-0.15, -0.1) is 0 Å². The zero-order valence-electron chi connectivity index (χ0n) is 9.11. The molecule has 0 aliphatic carbocycles. The summed E-state index contributed by atoms with van der Waals surface area (Å²) in [6, 6.07) is 8.23. The fraction of sp³-hybridized carbons (Fsp3) is 0.417. The predicted molar refractivity (Wildman–Crippen MR) is 69.8 cm³/mol. The van der Waals surface area contributed by atoms with Crippen molar-refractivity contribution in [2.75, 3.05) is 18.5 Å². The Labute approximate surface area is 101 Å². The smallest absolute Gasteiger partial charge is 0.106 e. The zero-order chi connectivity index (χ0) is 11.4. The van der Waals surface area contributed by atoms with Gasteiger partial charge < -0.3 is 15.8 Å². The molecule has 1 fully saturated rings. The van der Waals surface area contributed by atoms with Crippen LogP contribution in [0.4, 0.5) is 5.69 Å². The van der Waals surface area contributed by atoms with Crippen molar-refractivity contribution in [1.82, 2.24) is 0 Å². The molecule has 3 nitrogen and oxygen atoms in total. The van der Waals surface area contributed by atoms with Gasteiger partial charge in [-0.2, -0.15) is 0 Å². The summed E-state index contributed by atoms with van der Waals surface area (Å²) in [4.78, 5) is 0.430. The fourth-order valence-corrected chi connectivity index (χ4v) is 2.08. The highest BCUT2D eigenvalue weighted by molar-refractivity contribution is 7.80. The van der Waals surface area contributed by atoms with Crippen molar-refractivity contribution in [1.29, 1.82) is 0 Å². The number of hydrogen-bond acceptors (Lipinski definition) is 3. The molecule has 0 aromatic heterocycles. The van der Waals surface area contributed by atoms with Gasteiger partial charge in [0.1, 0.15) is 4.99 Å². The van der Waals surface area contributed by atoms with Crippen LogP contribution in [0.15, 0.2) is 24.3 Å². The van der Waals surface area contributed by atoms with Crippen molar-refractivity contribution in [2.24, 2.45) is 5.73 Å². The number of anilines is 1. The predicted octanol–water partition coefficient (Wildman–Crippen LogP) is 1.91. The maximum absolute atomic E-state index is 5.68. The van der Waals surface area contributed by atoms with Crippen LogP contribution in [0.25, 0.3) is 0 Å². The first kappa shape index (κ1) is 11.4. The first-order chi connectivity index (χ1) is 7.77. The Bertz CT molecular complexity index is 375. The van der Waals surface area contributed by atoms with Crippen LogP contribution in [-0.4, -0.2) is 24.2 Å². The lowest BCUT2D eigenvalue weighted by Gasteiger charge is -2.25. The maximum atomic E-state index is 5.68. The highest BCUT2D eigenvalue weighted by Gasteiger charge is 2.15. The molecule has 2 rings (SSSR count). The molecule has 0 saturated carbocycles. The molecule has 0 bridgehead atoms. The molecule has 0 radical (unpaired) electrons. The highest BCUT2D eigenvalue weighted by Crippen LogP contribution is 2.18. The third-order valence-electron chi connectivity index (χ3n) is 2.71. The molecule has 86 valence electrons. The van der Waals surface area contributed by atoms with Crippen LogP contribution < -0.4 is 11.1 Å². The van der Waals surface area contributed by atoms with Gasteiger partial charge >= 0.3 is 0 Å². The van der Waals surface area contributed by atoms with Gasteiger partial charge in [-0.3, -0.25) is 0 Å². The summed E-state index contributed by atoms with van der Waals surface area (Å²) in [6.07, 6.45) is 2.23. The van der Waals surface area contributed by atoms with Gasteiger partial charge in [-0.25, -0.2) is 0 Å². The molecule has 1 atom stereocenters. The van der Waals surface area contributed by atoms with Gasteiger partial charge in [0.05, 0.1) is 6.61 Å². The summed E-state index contributed by atoms with van der Waals surface area (Å²) >= 11 is 5.02. The molecule has 1 aromatic carbocycles. The molecular formula is C12H16N2OS. The zero-order valence-corrected chi connectivity index (χ0v) is 9.93. The van der Waals surface area contributed by atoms with Crippen LogP contribution in [0, 0.1) is 0 Å². The quantitative estimate of drug-likeness (QED) is 0.787. The van der Waals surface area contributed by atoms with Gasteiger partial charge in [0, 0.05) is 23.9 Å². The number of nitrogens with two attached hydrogens (primary N) is 1. The molecule has 1 aromatic rings. The Kier molecular flexibility index (Phi) is 3.74. The summed E-state index contributed by atoms with van der Waals surface area (Å²) in [5.74, 6) is 0. The van der Waals surface area contributed by atoms with E-state index in [0.29, 0.717) is 11.0 Å². The van der Waals surface area contributed by atoms with Crippen LogP contribution in [0.1, 0.15) is 18.4 Å². The van der Waals surface area contributed by atoms with Gasteiger partial charge in [0.2, 0.25) is 0 Å². The Morgan fingerprint density at radius 3 is 2.94 bits per heavy atom. The number of benzene rings is 1. The minimum Gasteiger partial charge on any atom is -0.389 e. The van der Waals surface area contributed by atoms with E-state index in [1.165, 1.54) is 0 Å². The van der Waals surface area contributed by atoms with Crippen molar-refractivity contribution in [3.05, 3.63) is 29.8 Å². The Morgan fingerprint density at radius 2 is 2.25 bits per heavy atom. The second-order valence-electron chi connectivity index (χ2n) is 3.97. The number of ether oxygens (including phenoxy) is 1. The standard InChI is InChI=1S/C12H16N2OS/c13-12(16)10-5-1-2-6-11(10)14-9-4-3-7-15-8-9/h1-2,5-6,9,14H,3-4,7-8H2,(H2,13,16). The van der Waals surface area contributed by atoms with Crippen LogP contribution in [-0.2, 0) is 4.74 Å². The van der Waals surface area contributed by atoms with E-state index in [2.05, 4.69) is 5.32 Å². The minimum atomic E-state index is 0.365. The van der Waals surface area contributed by atoms with Crippen LogP contribution in [0.3, 0.4) is 0 Å². The molecule has 4 heteroatoms. The number of para-hydroxylation sites is 1. The summed E-state index contributed by atoms with van der Waals surface area (Å²) < 4.78 is 5.43. The SMILES string of the molecule is NC(=S)c1ccccc1NC1CCCOC1. The van der Waals surface area contributed by atoms with E-state index in [1.54, 1.807) is 0 Å². The molecule has 16 heavy (non-hydrogen) atoms. The van der Waals surface area contributed by atoms with Crippen LogP contribution in [0.2, 0.25) is 0 Å². The van der Waals surface area contributed by atoms with E-state index < -0.39 is 0 Å². The summed E-state index contributed by atoms with van der Waals surface area (Å²) in [7, 11) is 0. The highest BCUT2D eigenvalue weighted by atomic mass is 32.1. The third-order valence-corrected chi connectivity index (χ3v) is 2.93. The number of nitrogens with one attached hydrogen (secondary N) is 1. The van der Waals surface area contributed by atoms with Gasteiger partial charge in [0.25, 0.3) is 0 Å². The first-order valence-electron chi connectivity index (χ1n) is 5.50. The first-order valence-corrected chi connectivity index (χ1v) is 5.91. The largest absolute Gasteiger partial charge is 0.389 e. The van der Waals surface area contributed by atoms with Crippen molar-refractivity contribution < 1.29 is 4.74 Å². The van der Waals surface area contributed by atoms with E-state index in [0.717, 1.165) is 37.3 Å². The van der Waals surface area contributed by atoms with Crippen LogP contribution in [0.5, 0.6) is 0 Å². The molecule has 1 aliphatic rings. The maximum Gasteiger partial charge on any atom is 0.106 e. The molecule has 1 aliphatic heterocycles. The summed E-state index contributed by atoms with van der Waals surface area (Å²) in [5.41, 5.74) is 7.59. The number of thiocarbonyl (C=S) groups is 1. The topological polar surface area (TPSA) is 47.3 Å². The normalized spacial score (nSPS) is 20.4. The summed E-state index contributed by atoms with van der Waals surface area (Å²) in [5, 5.41) is 3.44. The lowest BCUT2D eigenvalue weighted by atomic mass is 10.1. The lowest BCUT2D eigenvalue weighted by Crippen LogP contribution is -2.30. The summed E-state index contributed by atoms with van der Waals surface area (Å²) in [6.45, 7) is 1.63. The van der Waals surface area contributed by atoms with Crippen molar-refractivity contribution in [3.8, 4) is 0 Å². The van der Waals surface area contributed by atoms with E-state index >= 15 is 0 Å². The third kappa shape index (κ3) is 2.71.